The monoisotopic (exact) mass is 299 g/mol. The molecule has 1 aliphatic rings. The number of nitrogens with two attached hydrogens (primary N) is 1. The van der Waals surface area contributed by atoms with Crippen LogP contribution in [-0.4, -0.2) is 24.0 Å². The summed E-state index contributed by atoms with van der Waals surface area (Å²) >= 11 is 0. The van der Waals surface area contributed by atoms with Crippen molar-refractivity contribution in [3.05, 3.63) is 22.9 Å². The maximum atomic E-state index is 12.0. The highest BCUT2D eigenvalue weighted by Crippen LogP contribution is 2.32. The fourth-order valence-electron chi connectivity index (χ4n) is 3.02. The zero-order valence-corrected chi connectivity index (χ0v) is 14.0. The number of anilines is 1. The van der Waals surface area contributed by atoms with Crippen molar-refractivity contribution in [2.45, 2.75) is 47.0 Å². The van der Waals surface area contributed by atoms with Crippen molar-refractivity contribution in [1.82, 2.24) is 4.98 Å². The number of pyridine rings is 1. The largest absolute Gasteiger partial charge is 0.365 e. The summed E-state index contributed by atoms with van der Waals surface area (Å²) in [6.07, 6.45) is 5.13. The lowest BCUT2D eigenvalue weighted by Crippen LogP contribution is -2.30. The lowest BCUT2D eigenvalue weighted by molar-refractivity contribution is 0.1000. The van der Waals surface area contributed by atoms with E-state index in [-0.39, 0.29) is 0 Å². The van der Waals surface area contributed by atoms with Gasteiger partial charge in [0.05, 0.1) is 5.56 Å². The van der Waals surface area contributed by atoms with Gasteiger partial charge in [0.1, 0.15) is 5.82 Å². The molecule has 0 bridgehead atoms. The van der Waals surface area contributed by atoms with Crippen LogP contribution in [0.2, 0.25) is 0 Å². The minimum atomic E-state index is -0.428. The molecule has 4 heteroatoms. The quantitative estimate of drug-likeness (QED) is 0.854. The molecule has 0 radical (unpaired) electrons. The summed E-state index contributed by atoms with van der Waals surface area (Å²) < 4.78 is 0. The second-order valence-electron chi connectivity index (χ2n) is 6.74. The van der Waals surface area contributed by atoms with Gasteiger partial charge in [-0.05, 0) is 44.1 Å². The highest BCUT2D eigenvalue weighted by atomic mass is 16.1. The molecule has 0 saturated carbocycles. The normalized spacial score (nSPS) is 17.4. The van der Waals surface area contributed by atoms with Gasteiger partial charge < -0.3 is 10.6 Å². The van der Waals surface area contributed by atoms with Crippen LogP contribution in [0.25, 0.3) is 0 Å². The molecule has 22 heavy (non-hydrogen) atoms. The summed E-state index contributed by atoms with van der Waals surface area (Å²) in [5.41, 5.74) is 8.08. The molecule has 2 heterocycles. The van der Waals surface area contributed by atoms with Crippen molar-refractivity contribution >= 4 is 11.7 Å². The van der Waals surface area contributed by atoms with E-state index in [2.05, 4.69) is 35.6 Å². The van der Waals surface area contributed by atoms with E-state index in [0.717, 1.165) is 37.1 Å². The average Bonchev–Trinajstić information content (AvgIpc) is 2.61. The maximum absolute atomic E-state index is 12.0. The maximum Gasteiger partial charge on any atom is 0.252 e. The van der Waals surface area contributed by atoms with Crippen LogP contribution in [0.1, 0.15) is 61.5 Å². The second kappa shape index (κ2) is 6.39. The van der Waals surface area contributed by atoms with E-state index in [0.29, 0.717) is 16.8 Å². The molecule has 1 amide bonds. The van der Waals surface area contributed by atoms with E-state index in [1.54, 1.807) is 13.1 Å². The fourth-order valence-corrected chi connectivity index (χ4v) is 3.02. The first-order valence-corrected chi connectivity index (χ1v) is 7.83. The molecule has 2 rings (SSSR count). The van der Waals surface area contributed by atoms with Crippen LogP contribution in [0.4, 0.5) is 5.82 Å². The topological polar surface area (TPSA) is 59.2 Å². The van der Waals surface area contributed by atoms with Crippen molar-refractivity contribution in [3.8, 4) is 11.8 Å². The second-order valence-corrected chi connectivity index (χ2v) is 6.74. The number of nitrogens with zero attached hydrogens (tertiary/aromatic N) is 2. The van der Waals surface area contributed by atoms with Crippen LogP contribution in [-0.2, 0) is 0 Å². The Kier molecular flexibility index (Phi) is 4.75. The molecule has 1 aromatic rings. The summed E-state index contributed by atoms with van der Waals surface area (Å²) in [6.45, 7) is 10.1. The number of primary amides is 1. The Balaban J connectivity index is 2.44. The summed E-state index contributed by atoms with van der Waals surface area (Å²) in [5.74, 6) is 6.13. The van der Waals surface area contributed by atoms with Crippen LogP contribution in [0.3, 0.4) is 0 Å². The molecule has 0 atom stereocenters. The third-order valence-electron chi connectivity index (χ3n) is 4.46. The van der Waals surface area contributed by atoms with Crippen LogP contribution in [0, 0.1) is 24.2 Å². The first kappa shape index (κ1) is 16.4. The first-order valence-electron chi connectivity index (χ1n) is 7.83. The third-order valence-corrected chi connectivity index (χ3v) is 4.46. The van der Waals surface area contributed by atoms with Crippen molar-refractivity contribution in [2.75, 3.05) is 18.0 Å². The Labute approximate surface area is 133 Å². The van der Waals surface area contributed by atoms with Crippen molar-refractivity contribution in [2.24, 2.45) is 11.1 Å². The van der Waals surface area contributed by atoms with Crippen LogP contribution in [0.5, 0.6) is 0 Å². The molecule has 0 aliphatic carbocycles. The van der Waals surface area contributed by atoms with E-state index < -0.39 is 5.91 Å². The summed E-state index contributed by atoms with van der Waals surface area (Å²) in [7, 11) is 0. The molecule has 0 aromatic carbocycles. The van der Waals surface area contributed by atoms with Crippen molar-refractivity contribution in [3.63, 3.8) is 0 Å². The molecule has 2 N–H and O–H groups in total. The molecule has 4 nitrogen and oxygen atoms in total. The number of amides is 1. The molecule has 1 fully saturated rings. The van der Waals surface area contributed by atoms with Gasteiger partial charge in [-0.25, -0.2) is 4.98 Å². The molecule has 118 valence electrons. The summed E-state index contributed by atoms with van der Waals surface area (Å²) in [5, 5.41) is 0. The van der Waals surface area contributed by atoms with Gasteiger partial charge in [-0.3, -0.25) is 4.79 Å². The SMILES string of the molecule is CC#Cc1cnc(N2CCCC(C)(C)CC2)c(C(N)=O)c1C. The Morgan fingerprint density at radius 2 is 2.09 bits per heavy atom. The van der Waals surface area contributed by atoms with E-state index in [1.807, 2.05) is 6.92 Å². The number of hydrogen-bond donors (Lipinski definition) is 1. The van der Waals surface area contributed by atoms with Gasteiger partial charge >= 0.3 is 0 Å². The lowest BCUT2D eigenvalue weighted by Gasteiger charge is -2.26. The Hall–Kier alpha value is -2.02. The minimum absolute atomic E-state index is 0.338. The number of aromatic nitrogens is 1. The van der Waals surface area contributed by atoms with Crippen LogP contribution in [0.15, 0.2) is 6.20 Å². The van der Waals surface area contributed by atoms with Crippen LogP contribution >= 0.6 is 0 Å². The highest BCUT2D eigenvalue weighted by Gasteiger charge is 2.26. The van der Waals surface area contributed by atoms with Gasteiger partial charge in [0.2, 0.25) is 0 Å². The molecule has 1 aliphatic heterocycles. The third kappa shape index (κ3) is 3.41. The number of carbonyl (C=O) groups excluding carboxylic acids is 1. The van der Waals surface area contributed by atoms with Gasteiger partial charge in [-0.15, -0.1) is 5.92 Å². The van der Waals surface area contributed by atoms with Gasteiger partial charge in [-0.1, -0.05) is 19.8 Å². The Bertz CT molecular complexity index is 638. The molecule has 0 unspecified atom stereocenters. The van der Waals surface area contributed by atoms with Gasteiger partial charge in [0.15, 0.2) is 0 Å². The predicted molar refractivity (Wildman–Crippen MR) is 89.9 cm³/mol. The highest BCUT2D eigenvalue weighted by molar-refractivity contribution is 5.99. The van der Waals surface area contributed by atoms with Crippen molar-refractivity contribution < 1.29 is 4.79 Å². The van der Waals surface area contributed by atoms with E-state index in [9.17, 15) is 4.79 Å². The van der Waals surface area contributed by atoms with Crippen LogP contribution < -0.4 is 10.6 Å². The van der Waals surface area contributed by atoms with Crippen molar-refractivity contribution in [1.29, 1.82) is 0 Å². The summed E-state index contributed by atoms with van der Waals surface area (Å²) in [6, 6.07) is 0. The molecule has 1 aromatic heterocycles. The zero-order chi connectivity index (χ0) is 16.3. The minimum Gasteiger partial charge on any atom is -0.365 e. The summed E-state index contributed by atoms with van der Waals surface area (Å²) in [4.78, 5) is 18.7. The number of rotatable bonds is 2. The number of hydrogen-bond acceptors (Lipinski definition) is 3. The van der Waals surface area contributed by atoms with Gasteiger partial charge in [-0.2, -0.15) is 0 Å². The molecular weight excluding hydrogens is 274 g/mol. The van der Waals surface area contributed by atoms with E-state index >= 15 is 0 Å². The Morgan fingerprint density at radius 3 is 2.73 bits per heavy atom. The molecule has 1 saturated heterocycles. The zero-order valence-electron chi connectivity index (χ0n) is 14.0. The molecule has 0 spiro atoms. The Morgan fingerprint density at radius 1 is 1.36 bits per heavy atom. The van der Waals surface area contributed by atoms with Gasteiger partial charge in [0.25, 0.3) is 5.91 Å². The standard InChI is InChI=1S/C18H25N3O/c1-5-7-14-12-20-17(15(13(14)2)16(19)22)21-10-6-8-18(3,4)9-11-21/h12H,6,8-11H2,1-4H3,(H2,19,22). The molecular formula is C18H25N3O. The smallest absolute Gasteiger partial charge is 0.252 e. The number of carbonyl (C=O) groups is 1. The fraction of sp³-hybridized carbons (Fsp3) is 0.556. The average molecular weight is 299 g/mol. The van der Waals surface area contributed by atoms with E-state index in [1.165, 1.54) is 6.42 Å². The van der Waals surface area contributed by atoms with Gasteiger partial charge in [0, 0.05) is 24.8 Å². The predicted octanol–water partition coefficient (Wildman–Crippen LogP) is 2.88. The van der Waals surface area contributed by atoms with E-state index in [4.69, 9.17) is 5.73 Å². The lowest BCUT2D eigenvalue weighted by atomic mass is 9.85. The first-order chi connectivity index (χ1) is 10.4.